The van der Waals surface area contributed by atoms with Crippen molar-refractivity contribution in [1.82, 2.24) is 24.7 Å². The van der Waals surface area contributed by atoms with Gasteiger partial charge in [0, 0.05) is 29.5 Å². The quantitative estimate of drug-likeness (QED) is 0.339. The minimum Gasteiger partial charge on any atom is -0.481 e. The fourth-order valence-electron chi connectivity index (χ4n) is 3.97. The smallest absolute Gasteiger partial charge is 0.307 e. The molecule has 0 unspecified atom stereocenters. The molecule has 0 fully saturated rings. The van der Waals surface area contributed by atoms with Gasteiger partial charge in [-0.15, -0.1) is 11.3 Å². The highest BCUT2D eigenvalue weighted by Crippen LogP contribution is 2.41. The molecule has 3 aromatic heterocycles. The van der Waals surface area contributed by atoms with Gasteiger partial charge >= 0.3 is 5.97 Å². The van der Waals surface area contributed by atoms with E-state index in [9.17, 15) is 9.90 Å². The summed E-state index contributed by atoms with van der Waals surface area (Å²) in [7, 11) is 1.88. The van der Waals surface area contributed by atoms with Crippen LogP contribution in [0.1, 0.15) is 16.8 Å². The lowest BCUT2D eigenvalue weighted by atomic mass is 9.93. The van der Waals surface area contributed by atoms with Crippen LogP contribution in [0.5, 0.6) is 0 Å². The van der Waals surface area contributed by atoms with Crippen LogP contribution in [-0.2, 0) is 18.3 Å². The molecule has 7 nitrogen and oxygen atoms in total. The van der Waals surface area contributed by atoms with Crippen molar-refractivity contribution in [3.8, 4) is 33.2 Å². The van der Waals surface area contributed by atoms with Gasteiger partial charge in [-0.3, -0.25) is 9.48 Å². The van der Waals surface area contributed by atoms with E-state index in [2.05, 4.69) is 10.1 Å². The fourth-order valence-corrected chi connectivity index (χ4v) is 5.21. The van der Waals surface area contributed by atoms with Crippen LogP contribution in [0.3, 0.4) is 0 Å². The molecule has 0 radical (unpaired) electrons. The van der Waals surface area contributed by atoms with Gasteiger partial charge in [0.15, 0.2) is 5.82 Å². The van der Waals surface area contributed by atoms with Gasteiger partial charge in [-0.05, 0) is 54.8 Å². The zero-order chi connectivity index (χ0) is 24.0. The number of rotatable bonds is 5. The number of benzene rings is 2. The average Bonchev–Trinajstić information content (AvgIpc) is 3.38. The highest BCUT2D eigenvalue weighted by molar-refractivity contribution is 7.22. The number of carboxylic acids is 1. The summed E-state index contributed by atoms with van der Waals surface area (Å²) >= 11 is 7.60. The van der Waals surface area contributed by atoms with Crippen molar-refractivity contribution in [3.63, 3.8) is 0 Å². The van der Waals surface area contributed by atoms with Crippen molar-refractivity contribution in [2.75, 3.05) is 0 Å². The van der Waals surface area contributed by atoms with Gasteiger partial charge in [0.25, 0.3) is 0 Å². The molecule has 0 aliphatic carbocycles. The number of halogens is 1. The third-order valence-electron chi connectivity index (χ3n) is 5.82. The van der Waals surface area contributed by atoms with Crippen LogP contribution < -0.4 is 0 Å². The summed E-state index contributed by atoms with van der Waals surface area (Å²) in [4.78, 5) is 25.7. The topological polar surface area (TPSA) is 93.8 Å². The number of aryl methyl sites for hydroxylation is 2. The van der Waals surface area contributed by atoms with Crippen LogP contribution in [-0.4, -0.2) is 35.8 Å². The molecule has 0 atom stereocenters. The molecule has 1 N–H and O–H groups in total. The van der Waals surface area contributed by atoms with Gasteiger partial charge in [-0.2, -0.15) is 5.10 Å². The van der Waals surface area contributed by atoms with E-state index in [0.717, 1.165) is 48.7 Å². The van der Waals surface area contributed by atoms with Gasteiger partial charge in [0.2, 0.25) is 0 Å². The van der Waals surface area contributed by atoms with Gasteiger partial charge in [0.1, 0.15) is 10.7 Å². The summed E-state index contributed by atoms with van der Waals surface area (Å²) in [6.07, 6.45) is 3.40. The first kappa shape index (κ1) is 22.2. The first-order valence-electron chi connectivity index (χ1n) is 10.5. The number of aromatic nitrogens is 5. The molecule has 0 amide bonds. The summed E-state index contributed by atoms with van der Waals surface area (Å²) in [6.45, 7) is 3.89. The Labute approximate surface area is 204 Å². The molecule has 0 spiro atoms. The van der Waals surface area contributed by atoms with Crippen molar-refractivity contribution >= 4 is 39.1 Å². The van der Waals surface area contributed by atoms with Crippen LogP contribution in [0.15, 0.2) is 48.8 Å². The summed E-state index contributed by atoms with van der Waals surface area (Å²) in [5.41, 5.74) is 6.77. The molecule has 0 bridgehead atoms. The van der Waals surface area contributed by atoms with Crippen molar-refractivity contribution in [3.05, 3.63) is 70.6 Å². The minimum atomic E-state index is -0.880. The lowest BCUT2D eigenvalue weighted by Crippen LogP contribution is -2.04. The first-order valence-corrected chi connectivity index (χ1v) is 11.7. The predicted octanol–water partition coefficient (Wildman–Crippen LogP) is 5.72. The Bertz CT molecular complexity index is 1560. The molecule has 3 heterocycles. The number of carboxylic acid groups (broad SMARTS) is 1. The Morgan fingerprint density at radius 3 is 2.59 bits per heavy atom. The van der Waals surface area contributed by atoms with Gasteiger partial charge in [-0.25, -0.2) is 15.0 Å². The van der Waals surface area contributed by atoms with Crippen LogP contribution in [0, 0.1) is 13.8 Å². The predicted molar refractivity (Wildman–Crippen MR) is 134 cm³/mol. The average molecular weight is 490 g/mol. The fraction of sp³-hybridized carbons (Fsp3) is 0.160. The SMILES string of the molecule is Cc1cc2nc(-c3ccnc(-c4cnn(C)c4C)n3)sc2c(-c2ccc(Cl)cc2)c1CC(=O)O. The standard InChI is InChI=1S/C25H20ClN5O2S/c1-13-10-20-23(22(17(13)11-21(32)33)15-4-6-16(26)7-5-15)34-25(30-20)19-8-9-27-24(29-19)18-12-28-31(3)14(18)2/h4-10,12H,11H2,1-3H3,(H,32,33). The number of nitrogens with zero attached hydrogens (tertiary/aromatic N) is 5. The Morgan fingerprint density at radius 1 is 1.15 bits per heavy atom. The molecule has 34 heavy (non-hydrogen) atoms. The minimum absolute atomic E-state index is 0.0785. The molecule has 5 rings (SSSR count). The monoisotopic (exact) mass is 489 g/mol. The Morgan fingerprint density at radius 2 is 1.91 bits per heavy atom. The number of hydrogen-bond donors (Lipinski definition) is 1. The number of aliphatic carboxylic acids is 1. The molecule has 0 aliphatic rings. The van der Waals surface area contributed by atoms with E-state index < -0.39 is 5.97 Å². The lowest BCUT2D eigenvalue weighted by Gasteiger charge is -2.13. The summed E-state index contributed by atoms with van der Waals surface area (Å²) in [5.74, 6) is -0.294. The lowest BCUT2D eigenvalue weighted by molar-refractivity contribution is -0.136. The molecule has 0 saturated heterocycles. The first-order chi connectivity index (χ1) is 16.3. The molecule has 170 valence electrons. The maximum Gasteiger partial charge on any atom is 0.307 e. The maximum absolute atomic E-state index is 11.7. The molecule has 0 aliphatic heterocycles. The van der Waals surface area contributed by atoms with Crippen LogP contribution in [0.25, 0.3) is 43.4 Å². The maximum atomic E-state index is 11.7. The largest absolute Gasteiger partial charge is 0.481 e. The Hall–Kier alpha value is -3.62. The molecular formula is C25H20ClN5O2S. The van der Waals surface area contributed by atoms with Crippen molar-refractivity contribution in [2.24, 2.45) is 7.05 Å². The van der Waals surface area contributed by atoms with E-state index >= 15 is 0 Å². The zero-order valence-electron chi connectivity index (χ0n) is 18.7. The van der Waals surface area contributed by atoms with Gasteiger partial charge < -0.3 is 5.11 Å². The van der Waals surface area contributed by atoms with Crippen LogP contribution in [0.2, 0.25) is 5.02 Å². The van der Waals surface area contributed by atoms with E-state index in [1.807, 2.05) is 57.3 Å². The number of carbonyl (C=O) groups is 1. The van der Waals surface area contributed by atoms with Crippen LogP contribution >= 0.6 is 22.9 Å². The molecular weight excluding hydrogens is 470 g/mol. The third kappa shape index (κ3) is 3.95. The van der Waals surface area contributed by atoms with E-state index in [4.69, 9.17) is 21.6 Å². The second-order valence-corrected chi connectivity index (χ2v) is 9.46. The highest BCUT2D eigenvalue weighted by atomic mass is 35.5. The van der Waals surface area contributed by atoms with Crippen LogP contribution in [0.4, 0.5) is 0 Å². The molecule has 0 saturated carbocycles. The summed E-state index contributed by atoms with van der Waals surface area (Å²) in [5, 5.41) is 15.2. The van der Waals surface area contributed by atoms with E-state index in [-0.39, 0.29) is 6.42 Å². The number of hydrogen-bond acceptors (Lipinski definition) is 6. The van der Waals surface area contributed by atoms with Crippen molar-refractivity contribution in [1.29, 1.82) is 0 Å². The van der Waals surface area contributed by atoms with E-state index in [1.165, 1.54) is 11.3 Å². The molecule has 5 aromatic rings. The third-order valence-corrected chi connectivity index (χ3v) is 7.19. The molecule has 2 aromatic carbocycles. The highest BCUT2D eigenvalue weighted by Gasteiger charge is 2.20. The number of fused-ring (bicyclic) bond motifs is 1. The Kier molecular flexibility index (Phi) is 5.63. The van der Waals surface area contributed by atoms with E-state index in [0.29, 0.717) is 16.5 Å². The second-order valence-electron chi connectivity index (χ2n) is 8.02. The van der Waals surface area contributed by atoms with Crippen molar-refractivity contribution in [2.45, 2.75) is 20.3 Å². The van der Waals surface area contributed by atoms with E-state index in [1.54, 1.807) is 17.1 Å². The Balaban J connectivity index is 1.70. The number of thiazole rings is 1. The normalized spacial score (nSPS) is 11.3. The van der Waals surface area contributed by atoms with Gasteiger partial charge in [-0.1, -0.05) is 23.7 Å². The second kappa shape index (κ2) is 8.62. The van der Waals surface area contributed by atoms with Gasteiger partial charge in [0.05, 0.1) is 28.4 Å². The molecule has 9 heteroatoms. The van der Waals surface area contributed by atoms with Crippen molar-refractivity contribution < 1.29 is 9.90 Å². The zero-order valence-corrected chi connectivity index (χ0v) is 20.3. The summed E-state index contributed by atoms with van der Waals surface area (Å²) in [6, 6.07) is 11.2. The summed E-state index contributed by atoms with van der Waals surface area (Å²) < 4.78 is 2.70.